The standard InChI is InChI=1S/C26H35N6O3PS/c1-17(2)35-26(33)29-19-8-6-18(7-9-19)25-27-15-23(37-25)21-11-10-20(28-24-16-32(3)31-30-24)14-22(21)36(34)12-4-5-13-36/h10-11,14-19,28H,4-9,12-13H2,1-3H3,(H,29,33)/t18-,19-. The lowest BCUT2D eigenvalue weighted by Crippen LogP contribution is -2.38. The van der Waals surface area contributed by atoms with Gasteiger partial charge in [-0.3, -0.25) is 4.68 Å². The fourth-order valence-electron chi connectivity index (χ4n) is 5.29. The lowest BCUT2D eigenvalue weighted by molar-refractivity contribution is 0.109. The van der Waals surface area contributed by atoms with Crippen LogP contribution in [0.25, 0.3) is 10.4 Å². The fraction of sp³-hybridized carbons (Fsp3) is 0.538. The summed E-state index contributed by atoms with van der Waals surface area (Å²) in [6, 6.07) is 6.28. The number of anilines is 2. The van der Waals surface area contributed by atoms with Crippen molar-refractivity contribution in [3.8, 4) is 10.4 Å². The van der Waals surface area contributed by atoms with Gasteiger partial charge >= 0.3 is 6.09 Å². The molecule has 1 saturated heterocycles. The number of nitrogens with zero attached hydrogens (tertiary/aromatic N) is 4. The minimum absolute atomic E-state index is 0.119. The zero-order chi connectivity index (χ0) is 26.0. The van der Waals surface area contributed by atoms with E-state index in [1.54, 1.807) is 16.0 Å². The van der Waals surface area contributed by atoms with Crippen LogP contribution in [0.3, 0.4) is 0 Å². The molecule has 0 bridgehead atoms. The number of amides is 1. The third-order valence-corrected chi connectivity index (χ3v) is 11.6. The molecule has 0 atom stereocenters. The minimum Gasteiger partial charge on any atom is -0.447 e. The Bertz CT molecular complexity index is 1290. The number of carbonyl (C=O) groups is 1. The largest absolute Gasteiger partial charge is 0.447 e. The Kier molecular flexibility index (Phi) is 7.67. The van der Waals surface area contributed by atoms with Crippen molar-refractivity contribution in [3.63, 3.8) is 0 Å². The Labute approximate surface area is 221 Å². The smallest absolute Gasteiger partial charge is 0.407 e. The number of benzene rings is 1. The molecule has 1 aliphatic heterocycles. The third-order valence-electron chi connectivity index (χ3n) is 7.13. The molecule has 1 amide bonds. The van der Waals surface area contributed by atoms with Gasteiger partial charge < -0.3 is 19.9 Å². The first kappa shape index (κ1) is 25.9. The fourth-order valence-corrected chi connectivity index (χ4v) is 9.68. The molecule has 0 unspecified atom stereocenters. The molecule has 0 radical (unpaired) electrons. The molecule has 1 aliphatic carbocycles. The predicted molar refractivity (Wildman–Crippen MR) is 148 cm³/mol. The predicted octanol–water partition coefficient (Wildman–Crippen LogP) is 5.63. The van der Waals surface area contributed by atoms with Gasteiger partial charge in [0, 0.05) is 54.1 Å². The van der Waals surface area contributed by atoms with E-state index in [9.17, 15) is 9.36 Å². The maximum absolute atomic E-state index is 14.0. The summed E-state index contributed by atoms with van der Waals surface area (Å²) < 4.78 is 20.9. The summed E-state index contributed by atoms with van der Waals surface area (Å²) in [7, 11) is -0.633. The van der Waals surface area contributed by atoms with E-state index in [1.165, 1.54) is 0 Å². The molecule has 1 aromatic carbocycles. The van der Waals surface area contributed by atoms with Gasteiger partial charge in [0.2, 0.25) is 0 Å². The highest BCUT2D eigenvalue weighted by Gasteiger charge is 2.33. The molecule has 9 nitrogen and oxygen atoms in total. The molecule has 3 aromatic rings. The van der Waals surface area contributed by atoms with Gasteiger partial charge in [-0.2, -0.15) is 0 Å². The van der Waals surface area contributed by atoms with Crippen LogP contribution in [0.1, 0.15) is 63.3 Å². The highest BCUT2D eigenvalue weighted by molar-refractivity contribution is 7.72. The molecule has 2 fully saturated rings. The zero-order valence-electron chi connectivity index (χ0n) is 21.6. The normalized spacial score (nSPS) is 21.2. The Morgan fingerprint density at radius 3 is 2.62 bits per heavy atom. The first-order valence-electron chi connectivity index (χ1n) is 13.1. The van der Waals surface area contributed by atoms with Crippen LogP contribution in [0.2, 0.25) is 0 Å². The molecule has 11 heteroatoms. The van der Waals surface area contributed by atoms with E-state index in [-0.39, 0.29) is 18.2 Å². The molecular formula is C26H35N6O3PS. The Hall–Kier alpha value is -2.71. The van der Waals surface area contributed by atoms with E-state index in [2.05, 4.69) is 27.0 Å². The number of alkyl carbamates (subject to hydrolysis) is 1. The number of aryl methyl sites for hydroxylation is 1. The molecule has 3 heterocycles. The van der Waals surface area contributed by atoms with Crippen LogP contribution in [0.5, 0.6) is 0 Å². The van der Waals surface area contributed by atoms with Crippen LogP contribution in [-0.4, -0.2) is 50.5 Å². The number of aromatic nitrogens is 4. The molecule has 1 saturated carbocycles. The molecule has 198 valence electrons. The maximum Gasteiger partial charge on any atom is 0.407 e. The number of hydrogen-bond donors (Lipinski definition) is 2. The highest BCUT2D eigenvalue weighted by atomic mass is 32.1. The lowest BCUT2D eigenvalue weighted by Gasteiger charge is -2.28. The SMILES string of the molecule is CC(C)OC(=O)N[C@H]1CC[C@H](c2ncc(-c3ccc(Nc4cn(C)nn4)cc3P3(=O)CCCC3)s2)CC1. The van der Waals surface area contributed by atoms with Crippen molar-refractivity contribution < 1.29 is 14.1 Å². The Balaban J connectivity index is 1.33. The second-order valence-corrected chi connectivity index (χ2v) is 14.6. The molecular weight excluding hydrogens is 507 g/mol. The first-order chi connectivity index (χ1) is 17.8. The number of hydrogen-bond acceptors (Lipinski definition) is 8. The minimum atomic E-state index is -2.46. The van der Waals surface area contributed by atoms with Crippen LogP contribution in [0.15, 0.2) is 30.6 Å². The van der Waals surface area contributed by atoms with E-state index < -0.39 is 7.14 Å². The van der Waals surface area contributed by atoms with Crippen molar-refractivity contribution in [1.82, 2.24) is 25.3 Å². The van der Waals surface area contributed by atoms with Crippen molar-refractivity contribution in [2.45, 2.75) is 70.4 Å². The summed E-state index contributed by atoms with van der Waals surface area (Å²) >= 11 is 1.71. The lowest BCUT2D eigenvalue weighted by atomic mass is 9.86. The number of ether oxygens (including phenoxy) is 1. The van der Waals surface area contributed by atoms with Crippen molar-refractivity contribution in [1.29, 1.82) is 0 Å². The first-order valence-corrected chi connectivity index (χ1v) is 16.0. The molecule has 2 aromatic heterocycles. The van der Waals surface area contributed by atoms with Crippen LogP contribution in [-0.2, 0) is 16.3 Å². The van der Waals surface area contributed by atoms with E-state index in [4.69, 9.17) is 9.72 Å². The summed E-state index contributed by atoms with van der Waals surface area (Å²) in [5, 5.41) is 16.5. The second-order valence-electron chi connectivity index (χ2n) is 10.4. The van der Waals surface area contributed by atoms with Crippen LogP contribution >= 0.6 is 18.5 Å². The topological polar surface area (TPSA) is 111 Å². The van der Waals surface area contributed by atoms with E-state index >= 15 is 0 Å². The summed E-state index contributed by atoms with van der Waals surface area (Å²) in [6.45, 7) is 3.71. The maximum atomic E-state index is 14.0. The van der Waals surface area contributed by atoms with Crippen molar-refractivity contribution >= 4 is 41.4 Å². The van der Waals surface area contributed by atoms with Gasteiger partial charge in [-0.25, -0.2) is 9.78 Å². The Morgan fingerprint density at radius 1 is 1.19 bits per heavy atom. The number of thiazole rings is 1. The third kappa shape index (κ3) is 6.07. The Morgan fingerprint density at radius 2 is 1.95 bits per heavy atom. The van der Waals surface area contributed by atoms with Gasteiger partial charge in [-0.05, 0) is 64.5 Å². The number of carbonyl (C=O) groups excluding carboxylic acids is 1. The summed E-state index contributed by atoms with van der Waals surface area (Å²) in [6.07, 6.45) is 10.6. The summed E-state index contributed by atoms with van der Waals surface area (Å²) in [4.78, 5) is 17.8. The summed E-state index contributed by atoms with van der Waals surface area (Å²) in [5.41, 5.74) is 1.90. The number of rotatable bonds is 7. The van der Waals surface area contributed by atoms with Gasteiger partial charge in [0.05, 0.1) is 22.2 Å². The van der Waals surface area contributed by atoms with Crippen LogP contribution in [0, 0.1) is 0 Å². The molecule has 5 rings (SSSR count). The second kappa shape index (κ2) is 11.0. The van der Waals surface area contributed by atoms with Gasteiger partial charge in [0.15, 0.2) is 5.82 Å². The van der Waals surface area contributed by atoms with Gasteiger partial charge in [0.25, 0.3) is 0 Å². The van der Waals surface area contributed by atoms with E-state index in [0.29, 0.717) is 11.7 Å². The van der Waals surface area contributed by atoms with Crippen LogP contribution in [0.4, 0.5) is 16.3 Å². The summed E-state index contributed by atoms with van der Waals surface area (Å²) in [5.74, 6) is 1.04. The van der Waals surface area contributed by atoms with E-state index in [0.717, 1.165) is 77.3 Å². The quantitative estimate of drug-likeness (QED) is 0.373. The highest BCUT2D eigenvalue weighted by Crippen LogP contribution is 2.53. The van der Waals surface area contributed by atoms with Crippen molar-refractivity contribution in [2.75, 3.05) is 17.6 Å². The molecule has 2 N–H and O–H groups in total. The van der Waals surface area contributed by atoms with Gasteiger partial charge in [-0.1, -0.05) is 11.3 Å². The van der Waals surface area contributed by atoms with Crippen molar-refractivity contribution in [3.05, 3.63) is 35.6 Å². The number of nitrogens with one attached hydrogen (secondary N) is 2. The van der Waals surface area contributed by atoms with Crippen LogP contribution < -0.4 is 15.9 Å². The average molecular weight is 543 g/mol. The molecule has 0 spiro atoms. The zero-order valence-corrected chi connectivity index (χ0v) is 23.4. The molecule has 37 heavy (non-hydrogen) atoms. The van der Waals surface area contributed by atoms with Crippen molar-refractivity contribution in [2.24, 2.45) is 7.05 Å². The monoisotopic (exact) mass is 542 g/mol. The van der Waals surface area contributed by atoms with Gasteiger partial charge in [-0.15, -0.1) is 16.4 Å². The van der Waals surface area contributed by atoms with Gasteiger partial charge in [0.1, 0.15) is 7.14 Å². The molecule has 2 aliphatic rings. The average Bonchev–Trinajstić information content (AvgIpc) is 3.61. The van der Waals surface area contributed by atoms with E-state index in [1.807, 2.05) is 45.4 Å².